The van der Waals surface area contributed by atoms with E-state index in [4.69, 9.17) is 11.6 Å². The van der Waals surface area contributed by atoms with E-state index in [0.29, 0.717) is 12.2 Å². The van der Waals surface area contributed by atoms with Gasteiger partial charge in [0.2, 0.25) is 0 Å². The predicted octanol–water partition coefficient (Wildman–Crippen LogP) is 2.12. The molecule has 1 aromatic rings. The Balaban J connectivity index is 2.05. The molecule has 0 amide bonds. The van der Waals surface area contributed by atoms with Crippen molar-refractivity contribution in [2.45, 2.75) is 13.3 Å². The van der Waals surface area contributed by atoms with Gasteiger partial charge in [-0.2, -0.15) is 0 Å². The Labute approximate surface area is 92.3 Å². The second-order valence-electron chi connectivity index (χ2n) is 3.96. The van der Waals surface area contributed by atoms with E-state index in [2.05, 4.69) is 5.32 Å². The van der Waals surface area contributed by atoms with E-state index in [1.807, 2.05) is 18.4 Å². The minimum atomic E-state index is -0.159. The van der Waals surface area contributed by atoms with Gasteiger partial charge < -0.3 is 5.32 Å². The van der Waals surface area contributed by atoms with Gasteiger partial charge in [-0.15, -0.1) is 11.3 Å². The number of ketones is 1. The highest BCUT2D eigenvalue weighted by atomic mass is 35.5. The van der Waals surface area contributed by atoms with Gasteiger partial charge in [-0.1, -0.05) is 18.5 Å². The summed E-state index contributed by atoms with van der Waals surface area (Å²) in [5.74, 6) is 0.292. The van der Waals surface area contributed by atoms with Gasteiger partial charge in [0.1, 0.15) is 5.78 Å². The van der Waals surface area contributed by atoms with Crippen molar-refractivity contribution in [1.29, 1.82) is 0 Å². The highest BCUT2D eigenvalue weighted by Gasteiger charge is 2.38. The largest absolute Gasteiger partial charge is 0.315 e. The zero-order chi connectivity index (χ0) is 10.2. The lowest BCUT2D eigenvalue weighted by Crippen LogP contribution is -2.56. The second kappa shape index (κ2) is 3.65. The van der Waals surface area contributed by atoms with E-state index in [1.54, 1.807) is 11.3 Å². The van der Waals surface area contributed by atoms with Gasteiger partial charge in [0, 0.05) is 24.4 Å². The fraction of sp³-hybridized carbons (Fsp3) is 0.500. The number of hydrogen-bond donors (Lipinski definition) is 1. The van der Waals surface area contributed by atoms with E-state index in [-0.39, 0.29) is 5.41 Å². The Bertz CT molecular complexity index is 357. The van der Waals surface area contributed by atoms with Gasteiger partial charge in [-0.25, -0.2) is 0 Å². The standard InChI is InChI=1S/C10H12ClNOS/c1-10(5-12-6-10)9(13)4-8-7(11)2-3-14-8/h2-3,12H,4-6H2,1H3. The van der Waals surface area contributed by atoms with Crippen LogP contribution in [0.3, 0.4) is 0 Å². The smallest absolute Gasteiger partial charge is 0.146 e. The quantitative estimate of drug-likeness (QED) is 0.861. The number of halogens is 1. The van der Waals surface area contributed by atoms with Crippen LogP contribution in [0.15, 0.2) is 11.4 Å². The van der Waals surface area contributed by atoms with Gasteiger partial charge in [0.15, 0.2) is 0 Å². The molecule has 2 heterocycles. The Kier molecular flexibility index (Phi) is 2.64. The molecule has 1 aliphatic rings. The van der Waals surface area contributed by atoms with E-state index in [1.165, 1.54) is 0 Å². The van der Waals surface area contributed by atoms with Crippen LogP contribution in [0.2, 0.25) is 5.02 Å². The monoisotopic (exact) mass is 229 g/mol. The normalized spacial score (nSPS) is 19.0. The first-order valence-corrected chi connectivity index (χ1v) is 5.83. The van der Waals surface area contributed by atoms with Crippen molar-refractivity contribution in [3.63, 3.8) is 0 Å². The van der Waals surface area contributed by atoms with Crippen molar-refractivity contribution in [3.05, 3.63) is 21.3 Å². The summed E-state index contributed by atoms with van der Waals surface area (Å²) >= 11 is 7.49. The maximum Gasteiger partial charge on any atom is 0.146 e. The minimum Gasteiger partial charge on any atom is -0.315 e. The summed E-state index contributed by atoms with van der Waals surface area (Å²) in [6, 6.07) is 1.84. The molecule has 0 spiro atoms. The first-order chi connectivity index (χ1) is 6.62. The van der Waals surface area contributed by atoms with Crippen LogP contribution in [0.4, 0.5) is 0 Å². The molecule has 14 heavy (non-hydrogen) atoms. The fourth-order valence-corrected chi connectivity index (χ4v) is 2.61. The summed E-state index contributed by atoms with van der Waals surface area (Å²) < 4.78 is 0. The van der Waals surface area contributed by atoms with E-state index in [9.17, 15) is 4.79 Å². The van der Waals surface area contributed by atoms with Crippen LogP contribution in [-0.2, 0) is 11.2 Å². The van der Waals surface area contributed by atoms with Gasteiger partial charge in [-0.05, 0) is 11.4 Å². The molecule has 4 heteroatoms. The number of hydrogen-bond acceptors (Lipinski definition) is 3. The van der Waals surface area contributed by atoms with E-state index in [0.717, 1.165) is 23.0 Å². The molecule has 1 N–H and O–H groups in total. The summed E-state index contributed by atoms with van der Waals surface area (Å²) in [7, 11) is 0. The third-order valence-electron chi connectivity index (χ3n) is 2.72. The SMILES string of the molecule is CC1(C(=O)Cc2sccc2Cl)CNC1. The molecular weight excluding hydrogens is 218 g/mol. The molecule has 0 radical (unpaired) electrons. The third kappa shape index (κ3) is 1.72. The van der Waals surface area contributed by atoms with Gasteiger partial charge in [0.25, 0.3) is 0 Å². The number of carbonyl (C=O) groups is 1. The molecule has 2 nitrogen and oxygen atoms in total. The zero-order valence-corrected chi connectivity index (χ0v) is 9.54. The molecule has 0 bridgehead atoms. The fourth-order valence-electron chi connectivity index (χ4n) is 1.51. The average Bonchev–Trinajstić information content (AvgIpc) is 2.48. The minimum absolute atomic E-state index is 0.159. The molecule has 0 aromatic carbocycles. The molecule has 0 saturated carbocycles. The summed E-state index contributed by atoms with van der Waals surface area (Å²) in [5.41, 5.74) is -0.159. The van der Waals surface area contributed by atoms with Gasteiger partial charge in [-0.3, -0.25) is 4.79 Å². The lowest BCUT2D eigenvalue weighted by atomic mass is 9.78. The molecule has 0 atom stereocenters. The number of nitrogens with one attached hydrogen (secondary N) is 1. The van der Waals surface area contributed by atoms with Crippen molar-refractivity contribution in [2.24, 2.45) is 5.41 Å². The summed E-state index contributed by atoms with van der Waals surface area (Å²) in [6.45, 7) is 3.61. The van der Waals surface area contributed by atoms with Crippen molar-refractivity contribution in [3.8, 4) is 0 Å². The first kappa shape index (κ1) is 10.1. The third-order valence-corrected chi connectivity index (χ3v) is 4.10. The van der Waals surface area contributed by atoms with E-state index >= 15 is 0 Å². The van der Waals surface area contributed by atoms with Crippen molar-refractivity contribution in [1.82, 2.24) is 5.32 Å². The molecule has 2 rings (SSSR count). The molecule has 1 aromatic heterocycles. The first-order valence-electron chi connectivity index (χ1n) is 4.58. The number of Topliss-reactive ketones (excluding diaryl/α,β-unsaturated/α-hetero) is 1. The van der Waals surface area contributed by atoms with Crippen molar-refractivity contribution < 1.29 is 4.79 Å². The van der Waals surface area contributed by atoms with Crippen LogP contribution in [0.1, 0.15) is 11.8 Å². The molecule has 1 saturated heterocycles. The molecule has 76 valence electrons. The lowest BCUT2D eigenvalue weighted by molar-refractivity contribution is -0.129. The second-order valence-corrected chi connectivity index (χ2v) is 5.36. The molecule has 1 aliphatic heterocycles. The van der Waals surface area contributed by atoms with Crippen LogP contribution in [0.25, 0.3) is 0 Å². The van der Waals surface area contributed by atoms with Crippen LogP contribution < -0.4 is 5.32 Å². The maximum atomic E-state index is 11.9. The van der Waals surface area contributed by atoms with Crippen molar-refractivity contribution in [2.75, 3.05) is 13.1 Å². The van der Waals surface area contributed by atoms with Crippen LogP contribution in [-0.4, -0.2) is 18.9 Å². The topological polar surface area (TPSA) is 29.1 Å². The number of carbonyl (C=O) groups excluding carboxylic acids is 1. The highest BCUT2D eigenvalue weighted by molar-refractivity contribution is 7.10. The summed E-state index contributed by atoms with van der Waals surface area (Å²) in [5, 5.41) is 5.77. The summed E-state index contributed by atoms with van der Waals surface area (Å²) in [6.07, 6.45) is 0.481. The average molecular weight is 230 g/mol. The molecule has 0 aliphatic carbocycles. The number of rotatable bonds is 3. The summed E-state index contributed by atoms with van der Waals surface area (Å²) in [4.78, 5) is 12.9. The van der Waals surface area contributed by atoms with Crippen molar-refractivity contribution >= 4 is 28.7 Å². The molecule has 1 fully saturated rings. The Hall–Kier alpha value is -0.380. The predicted molar refractivity (Wildman–Crippen MR) is 59.0 cm³/mol. The highest BCUT2D eigenvalue weighted by Crippen LogP contribution is 2.28. The maximum absolute atomic E-state index is 11.9. The van der Waals surface area contributed by atoms with Gasteiger partial charge in [0.05, 0.1) is 10.4 Å². The Morgan fingerprint density at radius 2 is 2.43 bits per heavy atom. The Morgan fingerprint density at radius 3 is 2.86 bits per heavy atom. The zero-order valence-electron chi connectivity index (χ0n) is 7.97. The Morgan fingerprint density at radius 1 is 1.71 bits per heavy atom. The molecular formula is C10H12ClNOS. The van der Waals surface area contributed by atoms with Crippen LogP contribution in [0.5, 0.6) is 0 Å². The van der Waals surface area contributed by atoms with E-state index < -0.39 is 0 Å². The van der Waals surface area contributed by atoms with Crippen LogP contribution in [0, 0.1) is 5.41 Å². The van der Waals surface area contributed by atoms with Gasteiger partial charge >= 0.3 is 0 Å². The number of thiophene rings is 1. The van der Waals surface area contributed by atoms with Crippen LogP contribution >= 0.6 is 22.9 Å². The molecule has 0 unspecified atom stereocenters. The lowest BCUT2D eigenvalue weighted by Gasteiger charge is -2.37.